The molecule has 0 atom stereocenters. The second-order valence-corrected chi connectivity index (χ2v) is 3.86. The Morgan fingerprint density at radius 3 is 3.06 bits per heavy atom. The average Bonchev–Trinajstić information content (AvgIpc) is 2.69. The molecule has 17 heavy (non-hydrogen) atoms. The van der Waals surface area contributed by atoms with Crippen molar-refractivity contribution in [1.29, 1.82) is 0 Å². The molecule has 0 aliphatic heterocycles. The van der Waals surface area contributed by atoms with Gasteiger partial charge in [0.15, 0.2) is 0 Å². The molecule has 5 heteroatoms. The second-order valence-electron chi connectivity index (χ2n) is 3.86. The quantitative estimate of drug-likeness (QED) is 0.754. The third-order valence-electron chi connectivity index (χ3n) is 2.50. The Morgan fingerprint density at radius 2 is 2.29 bits per heavy atom. The maximum atomic E-state index is 11.2. The minimum Gasteiger partial charge on any atom is -0.466 e. The third-order valence-corrected chi connectivity index (χ3v) is 2.50. The summed E-state index contributed by atoms with van der Waals surface area (Å²) in [7, 11) is 0. The molecule has 0 aliphatic rings. The summed E-state index contributed by atoms with van der Waals surface area (Å²) >= 11 is 0. The highest BCUT2D eigenvalue weighted by Crippen LogP contribution is 2.13. The summed E-state index contributed by atoms with van der Waals surface area (Å²) in [5.74, 6) is -0.205. The van der Waals surface area contributed by atoms with E-state index in [4.69, 9.17) is 4.74 Å². The number of esters is 1. The van der Waals surface area contributed by atoms with Crippen LogP contribution in [0.3, 0.4) is 0 Å². The molecule has 0 bridgehead atoms. The van der Waals surface area contributed by atoms with Crippen molar-refractivity contribution in [1.82, 2.24) is 15.0 Å². The average molecular weight is 233 g/mol. The molecule has 0 N–H and O–H groups in total. The van der Waals surface area contributed by atoms with Gasteiger partial charge in [-0.15, -0.1) is 5.10 Å². The van der Waals surface area contributed by atoms with E-state index in [1.165, 1.54) is 0 Å². The number of ether oxygens (including phenoxy) is 1. The van der Waals surface area contributed by atoms with E-state index >= 15 is 0 Å². The molecule has 1 aromatic heterocycles. The summed E-state index contributed by atoms with van der Waals surface area (Å²) in [4.78, 5) is 11.2. The fourth-order valence-corrected chi connectivity index (χ4v) is 1.68. The lowest BCUT2D eigenvalue weighted by atomic mass is 10.2. The van der Waals surface area contributed by atoms with Gasteiger partial charge < -0.3 is 4.74 Å². The third kappa shape index (κ3) is 2.61. The van der Waals surface area contributed by atoms with Crippen molar-refractivity contribution >= 4 is 17.0 Å². The van der Waals surface area contributed by atoms with Crippen molar-refractivity contribution in [3.63, 3.8) is 0 Å². The van der Waals surface area contributed by atoms with Crippen LogP contribution < -0.4 is 0 Å². The first-order chi connectivity index (χ1) is 8.20. The topological polar surface area (TPSA) is 57.0 Å². The minimum atomic E-state index is -0.205. The number of rotatable bonds is 4. The van der Waals surface area contributed by atoms with E-state index in [0.717, 1.165) is 16.6 Å². The number of aryl methyl sites for hydroxylation is 2. The van der Waals surface area contributed by atoms with Crippen LogP contribution in [-0.4, -0.2) is 27.6 Å². The van der Waals surface area contributed by atoms with Crippen LogP contribution in [0, 0.1) is 6.92 Å². The van der Waals surface area contributed by atoms with Crippen LogP contribution in [0.25, 0.3) is 11.0 Å². The van der Waals surface area contributed by atoms with Gasteiger partial charge in [0, 0.05) is 0 Å². The van der Waals surface area contributed by atoms with Gasteiger partial charge in [-0.25, -0.2) is 4.68 Å². The lowest BCUT2D eigenvalue weighted by Gasteiger charge is -2.02. The van der Waals surface area contributed by atoms with Gasteiger partial charge in [-0.3, -0.25) is 4.79 Å². The predicted molar refractivity (Wildman–Crippen MR) is 63.5 cm³/mol. The largest absolute Gasteiger partial charge is 0.466 e. The van der Waals surface area contributed by atoms with E-state index in [9.17, 15) is 4.79 Å². The Kier molecular flexibility index (Phi) is 3.37. The molecule has 2 aromatic rings. The lowest BCUT2D eigenvalue weighted by Crippen LogP contribution is -2.09. The zero-order valence-electron chi connectivity index (χ0n) is 10.0. The Labute approximate surface area is 99.4 Å². The Morgan fingerprint density at radius 1 is 1.47 bits per heavy atom. The summed E-state index contributed by atoms with van der Waals surface area (Å²) in [6.07, 6.45) is 0.320. The van der Waals surface area contributed by atoms with Crippen LogP contribution in [0.4, 0.5) is 0 Å². The van der Waals surface area contributed by atoms with Crippen molar-refractivity contribution in [2.24, 2.45) is 0 Å². The molecule has 0 unspecified atom stereocenters. The number of nitrogens with zero attached hydrogens (tertiary/aromatic N) is 3. The van der Waals surface area contributed by atoms with Gasteiger partial charge in [-0.05, 0) is 31.5 Å². The van der Waals surface area contributed by atoms with Crippen LogP contribution in [0.2, 0.25) is 0 Å². The number of benzene rings is 1. The molecular formula is C12H15N3O2. The number of carbonyl (C=O) groups excluding carboxylic acids is 1. The van der Waals surface area contributed by atoms with Gasteiger partial charge >= 0.3 is 5.97 Å². The molecule has 0 saturated heterocycles. The van der Waals surface area contributed by atoms with E-state index in [1.807, 2.05) is 25.1 Å². The summed E-state index contributed by atoms with van der Waals surface area (Å²) in [5.41, 5.74) is 2.95. The van der Waals surface area contributed by atoms with Crippen molar-refractivity contribution in [3.8, 4) is 0 Å². The molecule has 5 nitrogen and oxygen atoms in total. The first kappa shape index (κ1) is 11.6. The van der Waals surface area contributed by atoms with Gasteiger partial charge in [0.25, 0.3) is 0 Å². The fourth-order valence-electron chi connectivity index (χ4n) is 1.68. The maximum absolute atomic E-state index is 11.2. The van der Waals surface area contributed by atoms with E-state index < -0.39 is 0 Å². The molecule has 0 aliphatic carbocycles. The van der Waals surface area contributed by atoms with Gasteiger partial charge in [0.2, 0.25) is 0 Å². The van der Waals surface area contributed by atoms with Gasteiger partial charge in [-0.1, -0.05) is 11.3 Å². The molecule has 90 valence electrons. The van der Waals surface area contributed by atoms with Crippen LogP contribution >= 0.6 is 0 Å². The Balaban J connectivity index is 2.11. The van der Waals surface area contributed by atoms with E-state index in [0.29, 0.717) is 19.6 Å². The molecular weight excluding hydrogens is 218 g/mol. The first-order valence-corrected chi connectivity index (χ1v) is 5.66. The van der Waals surface area contributed by atoms with Crippen LogP contribution in [0.5, 0.6) is 0 Å². The molecule has 2 rings (SSSR count). The normalized spacial score (nSPS) is 10.7. The molecule has 1 heterocycles. The molecule has 0 radical (unpaired) electrons. The van der Waals surface area contributed by atoms with Gasteiger partial charge in [0.05, 0.1) is 25.1 Å². The smallest absolute Gasteiger partial charge is 0.307 e. The molecule has 0 saturated carbocycles. The van der Waals surface area contributed by atoms with Crippen molar-refractivity contribution < 1.29 is 9.53 Å². The number of hydrogen-bond donors (Lipinski definition) is 0. The number of aromatic nitrogens is 3. The van der Waals surface area contributed by atoms with E-state index in [1.54, 1.807) is 11.6 Å². The maximum Gasteiger partial charge on any atom is 0.307 e. The van der Waals surface area contributed by atoms with Crippen LogP contribution in [-0.2, 0) is 16.1 Å². The second kappa shape index (κ2) is 4.95. The molecule has 0 amide bonds. The first-order valence-electron chi connectivity index (χ1n) is 5.66. The lowest BCUT2D eigenvalue weighted by molar-refractivity contribution is -0.143. The summed E-state index contributed by atoms with van der Waals surface area (Å²) in [5, 5.41) is 8.09. The number of hydrogen-bond acceptors (Lipinski definition) is 4. The molecule has 0 spiro atoms. The zero-order chi connectivity index (χ0) is 12.3. The predicted octanol–water partition coefficient (Wildman–Crippen LogP) is 1.69. The summed E-state index contributed by atoms with van der Waals surface area (Å²) in [6, 6.07) is 5.95. The highest BCUT2D eigenvalue weighted by atomic mass is 16.5. The van der Waals surface area contributed by atoms with E-state index in [-0.39, 0.29) is 5.97 Å². The number of carbonyl (C=O) groups is 1. The Hall–Kier alpha value is -1.91. The van der Waals surface area contributed by atoms with Crippen molar-refractivity contribution in [2.45, 2.75) is 26.8 Å². The minimum absolute atomic E-state index is 0.205. The zero-order valence-corrected chi connectivity index (χ0v) is 10.0. The number of fused-ring (bicyclic) bond motifs is 1. The highest BCUT2D eigenvalue weighted by molar-refractivity contribution is 5.75. The van der Waals surface area contributed by atoms with Gasteiger partial charge in [0.1, 0.15) is 5.52 Å². The molecule has 0 fully saturated rings. The van der Waals surface area contributed by atoms with Crippen molar-refractivity contribution in [2.75, 3.05) is 6.61 Å². The van der Waals surface area contributed by atoms with Crippen LogP contribution in [0.15, 0.2) is 18.2 Å². The summed E-state index contributed by atoms with van der Waals surface area (Å²) in [6.45, 7) is 4.72. The highest BCUT2D eigenvalue weighted by Gasteiger charge is 2.07. The molecule has 1 aromatic carbocycles. The Bertz CT molecular complexity index is 534. The SMILES string of the molecule is CCOC(=O)CCn1nnc2cc(C)ccc21. The van der Waals surface area contributed by atoms with Crippen LogP contribution in [0.1, 0.15) is 18.9 Å². The van der Waals surface area contributed by atoms with Crippen molar-refractivity contribution in [3.05, 3.63) is 23.8 Å². The fraction of sp³-hybridized carbons (Fsp3) is 0.417. The van der Waals surface area contributed by atoms with Gasteiger partial charge in [-0.2, -0.15) is 0 Å². The summed E-state index contributed by atoms with van der Waals surface area (Å²) < 4.78 is 6.60. The monoisotopic (exact) mass is 233 g/mol. The van der Waals surface area contributed by atoms with E-state index in [2.05, 4.69) is 10.3 Å². The standard InChI is InChI=1S/C12H15N3O2/c1-3-17-12(16)6-7-15-11-5-4-9(2)8-10(11)13-14-15/h4-5,8H,3,6-7H2,1-2H3.